The first-order valence-electron chi connectivity index (χ1n) is 3.38. The fourth-order valence-electron chi connectivity index (χ4n) is 0.960. The summed E-state index contributed by atoms with van der Waals surface area (Å²) in [4.78, 5) is 0. The molecule has 0 aromatic heterocycles. The van der Waals surface area contributed by atoms with E-state index in [1.54, 1.807) is 0 Å². The van der Waals surface area contributed by atoms with Crippen LogP contribution in [0.25, 0.3) is 0 Å². The molecule has 0 heterocycles. The van der Waals surface area contributed by atoms with Crippen molar-refractivity contribution in [2.75, 3.05) is 7.11 Å². The van der Waals surface area contributed by atoms with E-state index < -0.39 is 29.4 Å². The first-order valence-corrected chi connectivity index (χ1v) is 3.38. The number of benzene rings is 1. The first-order chi connectivity index (χ1) is 6.07. The lowest BCUT2D eigenvalue weighted by Gasteiger charge is -2.08. The minimum absolute atomic E-state index is 0.638. The quantitative estimate of drug-likeness (QED) is 0.657. The second-order valence-corrected chi connectivity index (χ2v) is 2.28. The van der Waals surface area contributed by atoms with Crippen molar-refractivity contribution in [3.05, 3.63) is 29.3 Å². The lowest BCUT2D eigenvalue weighted by Crippen LogP contribution is -1.99. The molecule has 1 aromatic carbocycles. The van der Waals surface area contributed by atoms with Crippen LogP contribution in [0.4, 0.5) is 17.6 Å². The van der Waals surface area contributed by atoms with E-state index in [4.69, 9.17) is 0 Å². The summed E-state index contributed by atoms with van der Waals surface area (Å²) in [5.74, 6) is -2.91. The molecule has 1 nitrogen and oxygen atoms in total. The van der Waals surface area contributed by atoms with Crippen molar-refractivity contribution >= 4 is 0 Å². The molecule has 13 heavy (non-hydrogen) atoms. The van der Waals surface area contributed by atoms with E-state index in [-0.39, 0.29) is 0 Å². The molecule has 0 fully saturated rings. The Balaban J connectivity index is 3.35. The normalized spacial score (nSPS) is 10.6. The van der Waals surface area contributed by atoms with Crippen molar-refractivity contribution < 1.29 is 22.3 Å². The summed E-state index contributed by atoms with van der Waals surface area (Å²) in [7, 11) is 1.00. The van der Waals surface area contributed by atoms with Crippen molar-refractivity contribution in [3.63, 3.8) is 0 Å². The Bertz CT molecular complexity index is 311. The van der Waals surface area contributed by atoms with Crippen LogP contribution in [0.2, 0.25) is 0 Å². The van der Waals surface area contributed by atoms with Gasteiger partial charge in [0, 0.05) is 0 Å². The van der Waals surface area contributed by atoms with Crippen LogP contribution < -0.4 is 4.74 Å². The lowest BCUT2D eigenvalue weighted by atomic mass is 10.2. The highest BCUT2D eigenvalue weighted by molar-refractivity contribution is 5.36. The van der Waals surface area contributed by atoms with Gasteiger partial charge in [-0.2, -0.15) is 0 Å². The molecular formula is C8H6F4O. The molecule has 0 aliphatic rings. The Kier molecular flexibility index (Phi) is 2.75. The van der Waals surface area contributed by atoms with Gasteiger partial charge in [0.1, 0.15) is 5.82 Å². The number of ether oxygens (including phenoxy) is 1. The number of hydrogen-bond donors (Lipinski definition) is 0. The molecule has 0 amide bonds. The largest absolute Gasteiger partial charge is 0.493 e. The van der Waals surface area contributed by atoms with Gasteiger partial charge < -0.3 is 4.74 Å². The molecule has 0 unspecified atom stereocenters. The highest BCUT2D eigenvalue weighted by Crippen LogP contribution is 2.33. The molecule has 0 spiro atoms. The van der Waals surface area contributed by atoms with Crippen LogP contribution in [0, 0.1) is 11.6 Å². The summed E-state index contributed by atoms with van der Waals surface area (Å²) < 4.78 is 54.2. The number of methoxy groups -OCH3 is 1. The third kappa shape index (κ3) is 1.74. The Morgan fingerprint density at radius 3 is 2.08 bits per heavy atom. The van der Waals surface area contributed by atoms with Crippen LogP contribution in [0.15, 0.2) is 12.1 Å². The van der Waals surface area contributed by atoms with Gasteiger partial charge in [0.25, 0.3) is 6.43 Å². The van der Waals surface area contributed by atoms with Gasteiger partial charge in [-0.1, -0.05) is 0 Å². The second kappa shape index (κ2) is 3.64. The van der Waals surface area contributed by atoms with Crippen molar-refractivity contribution in [1.82, 2.24) is 0 Å². The van der Waals surface area contributed by atoms with Crippen molar-refractivity contribution in [2.24, 2.45) is 0 Å². The average Bonchev–Trinajstić information content (AvgIpc) is 2.07. The third-order valence-corrected chi connectivity index (χ3v) is 1.52. The van der Waals surface area contributed by atoms with E-state index in [0.29, 0.717) is 6.07 Å². The monoisotopic (exact) mass is 194 g/mol. The number of alkyl halides is 2. The molecule has 0 saturated carbocycles. The fourth-order valence-corrected chi connectivity index (χ4v) is 0.960. The Labute approximate surface area is 71.9 Å². The van der Waals surface area contributed by atoms with Crippen LogP contribution in [0.3, 0.4) is 0 Å². The summed E-state index contributed by atoms with van der Waals surface area (Å²) in [5, 5.41) is 0. The molecule has 0 aliphatic heterocycles. The van der Waals surface area contributed by atoms with Crippen LogP contribution in [0.5, 0.6) is 5.75 Å². The zero-order valence-corrected chi connectivity index (χ0v) is 6.65. The maximum atomic E-state index is 12.8. The standard InChI is InChI=1S/C8H6F4O/c1-13-7-5(10)3-2-4(9)6(7)8(11)12/h2-3,8H,1H3. The number of hydrogen-bond acceptors (Lipinski definition) is 1. The Morgan fingerprint density at radius 1 is 1.15 bits per heavy atom. The van der Waals surface area contributed by atoms with Crippen molar-refractivity contribution in [2.45, 2.75) is 6.43 Å². The van der Waals surface area contributed by atoms with Gasteiger partial charge in [0.2, 0.25) is 0 Å². The molecule has 72 valence electrons. The highest BCUT2D eigenvalue weighted by atomic mass is 19.3. The van der Waals surface area contributed by atoms with E-state index in [9.17, 15) is 17.6 Å². The van der Waals surface area contributed by atoms with E-state index in [1.165, 1.54) is 0 Å². The first kappa shape index (κ1) is 9.83. The predicted molar refractivity (Wildman–Crippen MR) is 37.9 cm³/mol. The molecule has 1 aromatic rings. The van der Waals surface area contributed by atoms with Gasteiger partial charge >= 0.3 is 0 Å². The molecule has 0 atom stereocenters. The molecule has 5 heteroatoms. The minimum atomic E-state index is -3.09. The molecule has 0 saturated heterocycles. The highest BCUT2D eigenvalue weighted by Gasteiger charge is 2.22. The zero-order chi connectivity index (χ0) is 10.0. The number of halogens is 4. The van der Waals surface area contributed by atoms with Gasteiger partial charge in [-0.05, 0) is 12.1 Å². The molecule has 0 N–H and O–H groups in total. The maximum absolute atomic E-state index is 12.8. The molecular weight excluding hydrogens is 188 g/mol. The SMILES string of the molecule is COc1c(F)ccc(F)c1C(F)F. The molecule has 0 aliphatic carbocycles. The molecule has 1 rings (SSSR count). The van der Waals surface area contributed by atoms with Crippen LogP contribution >= 0.6 is 0 Å². The summed E-state index contributed by atoms with van der Waals surface area (Å²) >= 11 is 0. The van der Waals surface area contributed by atoms with Gasteiger partial charge in [-0.25, -0.2) is 17.6 Å². The van der Waals surface area contributed by atoms with Crippen molar-refractivity contribution in [1.29, 1.82) is 0 Å². The lowest BCUT2D eigenvalue weighted by molar-refractivity contribution is 0.140. The maximum Gasteiger partial charge on any atom is 0.270 e. The Morgan fingerprint density at radius 2 is 1.69 bits per heavy atom. The van der Waals surface area contributed by atoms with Crippen LogP contribution in [-0.4, -0.2) is 7.11 Å². The minimum Gasteiger partial charge on any atom is -0.493 e. The smallest absolute Gasteiger partial charge is 0.270 e. The zero-order valence-electron chi connectivity index (χ0n) is 6.65. The molecule has 0 radical (unpaired) electrons. The van der Waals surface area contributed by atoms with Gasteiger partial charge in [-0.15, -0.1) is 0 Å². The van der Waals surface area contributed by atoms with Gasteiger partial charge in [0.05, 0.1) is 12.7 Å². The second-order valence-electron chi connectivity index (χ2n) is 2.28. The van der Waals surface area contributed by atoms with Gasteiger partial charge in [0.15, 0.2) is 11.6 Å². The van der Waals surface area contributed by atoms with E-state index in [2.05, 4.69) is 4.74 Å². The summed E-state index contributed by atoms with van der Waals surface area (Å²) in [6.45, 7) is 0. The topological polar surface area (TPSA) is 9.23 Å². The number of rotatable bonds is 2. The van der Waals surface area contributed by atoms with E-state index in [1.807, 2.05) is 0 Å². The van der Waals surface area contributed by atoms with Gasteiger partial charge in [-0.3, -0.25) is 0 Å². The summed E-state index contributed by atoms with van der Waals surface area (Å²) in [5.41, 5.74) is -1.04. The summed E-state index contributed by atoms with van der Waals surface area (Å²) in [6.07, 6.45) is -3.09. The van der Waals surface area contributed by atoms with E-state index >= 15 is 0 Å². The van der Waals surface area contributed by atoms with Crippen LogP contribution in [-0.2, 0) is 0 Å². The summed E-state index contributed by atoms with van der Waals surface area (Å²) in [6, 6.07) is 1.37. The fraction of sp³-hybridized carbons (Fsp3) is 0.250. The Hall–Kier alpha value is -1.26. The van der Waals surface area contributed by atoms with E-state index in [0.717, 1.165) is 13.2 Å². The van der Waals surface area contributed by atoms with Crippen LogP contribution in [0.1, 0.15) is 12.0 Å². The van der Waals surface area contributed by atoms with Crippen molar-refractivity contribution in [3.8, 4) is 5.75 Å². The molecule has 0 bridgehead atoms. The average molecular weight is 194 g/mol. The predicted octanol–water partition coefficient (Wildman–Crippen LogP) is 2.91. The third-order valence-electron chi connectivity index (χ3n) is 1.52.